The van der Waals surface area contributed by atoms with Gasteiger partial charge in [0.15, 0.2) is 11.6 Å². The molecule has 0 spiro atoms. The molecule has 0 saturated heterocycles. The quantitative estimate of drug-likeness (QED) is 0.768. The summed E-state index contributed by atoms with van der Waals surface area (Å²) in [7, 11) is 0. The van der Waals surface area contributed by atoms with Gasteiger partial charge in [-0.3, -0.25) is 5.10 Å². The molecule has 1 aromatic heterocycles. The third-order valence-electron chi connectivity index (χ3n) is 2.98. The van der Waals surface area contributed by atoms with Crippen LogP contribution >= 0.6 is 11.6 Å². The average Bonchev–Trinajstić information content (AvgIpc) is 2.96. The van der Waals surface area contributed by atoms with Gasteiger partial charge in [0, 0.05) is 5.02 Å². The molecule has 0 unspecified atom stereocenters. The Balaban J connectivity index is 1.86. The maximum atomic E-state index is 9.79. The first-order chi connectivity index (χ1) is 10.2. The van der Waals surface area contributed by atoms with Crippen molar-refractivity contribution in [3.8, 4) is 17.1 Å². The summed E-state index contributed by atoms with van der Waals surface area (Å²) >= 11 is 6.08. The molecule has 2 aromatic carbocycles. The van der Waals surface area contributed by atoms with Crippen LogP contribution in [0.2, 0.25) is 5.02 Å². The fourth-order valence-electron chi connectivity index (χ4n) is 1.92. The van der Waals surface area contributed by atoms with E-state index in [4.69, 9.17) is 11.6 Å². The van der Waals surface area contributed by atoms with Crippen LogP contribution in [0.25, 0.3) is 23.5 Å². The molecule has 104 valence electrons. The lowest BCUT2D eigenvalue weighted by Gasteiger charge is -1.98. The molecule has 0 aliphatic carbocycles. The Morgan fingerprint density at radius 1 is 1.00 bits per heavy atom. The number of aromatic hydroxyl groups is 1. The number of benzene rings is 2. The van der Waals surface area contributed by atoms with Gasteiger partial charge in [-0.05, 0) is 35.9 Å². The van der Waals surface area contributed by atoms with E-state index in [2.05, 4.69) is 15.2 Å². The molecule has 21 heavy (non-hydrogen) atoms. The SMILES string of the molecule is Oc1ccccc1-c1nc(C=Cc2ccccc2Cl)n[nH]1. The Bertz CT molecular complexity index is 795. The molecule has 0 bridgehead atoms. The number of hydrogen-bond acceptors (Lipinski definition) is 3. The number of phenolic OH excluding ortho intramolecular Hbond substituents is 1. The summed E-state index contributed by atoms with van der Waals surface area (Å²) in [4.78, 5) is 4.33. The van der Waals surface area contributed by atoms with Crippen molar-refractivity contribution in [2.45, 2.75) is 0 Å². The third kappa shape index (κ3) is 2.95. The van der Waals surface area contributed by atoms with Gasteiger partial charge in [-0.2, -0.15) is 5.10 Å². The van der Waals surface area contributed by atoms with Gasteiger partial charge in [0.25, 0.3) is 0 Å². The highest BCUT2D eigenvalue weighted by molar-refractivity contribution is 6.32. The number of halogens is 1. The van der Waals surface area contributed by atoms with Gasteiger partial charge in [0.2, 0.25) is 0 Å². The largest absolute Gasteiger partial charge is 0.507 e. The summed E-state index contributed by atoms with van der Waals surface area (Å²) in [6.07, 6.45) is 3.61. The number of hydrogen-bond donors (Lipinski definition) is 2. The van der Waals surface area contributed by atoms with Crippen LogP contribution in [0.1, 0.15) is 11.4 Å². The lowest BCUT2D eigenvalue weighted by Crippen LogP contribution is -1.81. The molecule has 4 nitrogen and oxygen atoms in total. The number of aromatic nitrogens is 3. The van der Waals surface area contributed by atoms with E-state index < -0.39 is 0 Å². The molecule has 0 aliphatic heterocycles. The standard InChI is InChI=1S/C16H12ClN3O/c17-13-7-3-1-5-11(13)9-10-15-18-16(20-19-15)12-6-2-4-8-14(12)21/h1-10,21H,(H,18,19,20). The fourth-order valence-corrected chi connectivity index (χ4v) is 2.12. The minimum atomic E-state index is 0.162. The normalized spacial score (nSPS) is 11.1. The summed E-state index contributed by atoms with van der Waals surface area (Å²) in [5.74, 6) is 1.20. The summed E-state index contributed by atoms with van der Waals surface area (Å²) in [5.41, 5.74) is 1.51. The third-order valence-corrected chi connectivity index (χ3v) is 3.32. The van der Waals surface area contributed by atoms with Crippen LogP contribution in [0.3, 0.4) is 0 Å². The second-order valence-electron chi connectivity index (χ2n) is 4.41. The van der Waals surface area contributed by atoms with E-state index in [0.717, 1.165) is 5.56 Å². The van der Waals surface area contributed by atoms with Crippen molar-refractivity contribution < 1.29 is 5.11 Å². The Labute approximate surface area is 126 Å². The van der Waals surface area contributed by atoms with E-state index in [1.54, 1.807) is 24.3 Å². The predicted octanol–water partition coefficient (Wildman–Crippen LogP) is 4.00. The highest BCUT2D eigenvalue weighted by atomic mass is 35.5. The number of para-hydroxylation sites is 1. The molecular formula is C16H12ClN3O. The summed E-state index contributed by atoms with van der Waals surface area (Å²) in [6.45, 7) is 0. The van der Waals surface area contributed by atoms with Crippen molar-refractivity contribution >= 4 is 23.8 Å². The van der Waals surface area contributed by atoms with E-state index in [-0.39, 0.29) is 5.75 Å². The molecule has 0 radical (unpaired) electrons. The number of rotatable bonds is 3. The number of aromatic amines is 1. The maximum Gasteiger partial charge on any atom is 0.174 e. The van der Waals surface area contributed by atoms with Gasteiger partial charge in [-0.1, -0.05) is 41.9 Å². The van der Waals surface area contributed by atoms with Gasteiger partial charge < -0.3 is 5.11 Å². The first kappa shape index (κ1) is 13.4. The predicted molar refractivity (Wildman–Crippen MR) is 83.9 cm³/mol. The number of H-pyrrole nitrogens is 1. The fraction of sp³-hybridized carbons (Fsp3) is 0. The van der Waals surface area contributed by atoms with Crippen molar-refractivity contribution in [2.75, 3.05) is 0 Å². The van der Waals surface area contributed by atoms with Crippen LogP contribution in [-0.4, -0.2) is 20.3 Å². The molecular weight excluding hydrogens is 286 g/mol. The second kappa shape index (κ2) is 5.81. The zero-order chi connectivity index (χ0) is 14.7. The van der Waals surface area contributed by atoms with Crippen molar-refractivity contribution in [3.63, 3.8) is 0 Å². The first-order valence-electron chi connectivity index (χ1n) is 6.37. The Morgan fingerprint density at radius 2 is 1.76 bits per heavy atom. The van der Waals surface area contributed by atoms with E-state index in [1.807, 2.05) is 36.4 Å². The van der Waals surface area contributed by atoms with Crippen LogP contribution in [0.5, 0.6) is 5.75 Å². The van der Waals surface area contributed by atoms with E-state index in [0.29, 0.717) is 22.2 Å². The van der Waals surface area contributed by atoms with Gasteiger partial charge in [-0.15, -0.1) is 0 Å². The molecule has 5 heteroatoms. The van der Waals surface area contributed by atoms with Crippen LogP contribution < -0.4 is 0 Å². The second-order valence-corrected chi connectivity index (χ2v) is 4.82. The van der Waals surface area contributed by atoms with Gasteiger partial charge in [0.05, 0.1) is 5.56 Å². The first-order valence-corrected chi connectivity index (χ1v) is 6.75. The molecule has 0 atom stereocenters. The van der Waals surface area contributed by atoms with Crippen LogP contribution in [-0.2, 0) is 0 Å². The van der Waals surface area contributed by atoms with Crippen LogP contribution in [0.4, 0.5) is 0 Å². The van der Waals surface area contributed by atoms with Gasteiger partial charge in [-0.25, -0.2) is 4.98 Å². The molecule has 3 rings (SSSR count). The Hall–Kier alpha value is -2.59. The van der Waals surface area contributed by atoms with E-state index in [1.165, 1.54) is 0 Å². The van der Waals surface area contributed by atoms with E-state index >= 15 is 0 Å². The van der Waals surface area contributed by atoms with Gasteiger partial charge in [0.1, 0.15) is 5.75 Å². The Kier molecular flexibility index (Phi) is 3.71. The molecule has 0 amide bonds. The molecule has 1 heterocycles. The highest BCUT2D eigenvalue weighted by Crippen LogP contribution is 2.25. The molecule has 0 aliphatic rings. The van der Waals surface area contributed by atoms with E-state index in [9.17, 15) is 5.11 Å². The lowest BCUT2D eigenvalue weighted by atomic mass is 10.2. The topological polar surface area (TPSA) is 61.8 Å². The highest BCUT2D eigenvalue weighted by Gasteiger charge is 2.07. The van der Waals surface area contributed by atoms with Crippen LogP contribution in [0, 0.1) is 0 Å². The molecule has 2 N–H and O–H groups in total. The maximum absolute atomic E-state index is 9.79. The van der Waals surface area contributed by atoms with Gasteiger partial charge >= 0.3 is 0 Å². The number of nitrogens with one attached hydrogen (secondary N) is 1. The van der Waals surface area contributed by atoms with Crippen molar-refractivity contribution in [3.05, 3.63) is 64.9 Å². The average molecular weight is 298 g/mol. The van der Waals surface area contributed by atoms with Crippen molar-refractivity contribution in [1.82, 2.24) is 15.2 Å². The summed E-state index contributed by atoms with van der Waals surface area (Å²) in [6, 6.07) is 14.5. The monoisotopic (exact) mass is 297 g/mol. The summed E-state index contributed by atoms with van der Waals surface area (Å²) in [5, 5.41) is 17.4. The van der Waals surface area contributed by atoms with Crippen LogP contribution in [0.15, 0.2) is 48.5 Å². The number of nitrogens with zero attached hydrogens (tertiary/aromatic N) is 2. The smallest absolute Gasteiger partial charge is 0.174 e. The zero-order valence-corrected chi connectivity index (χ0v) is 11.7. The number of phenols is 1. The minimum absolute atomic E-state index is 0.162. The molecule has 3 aromatic rings. The molecule has 0 saturated carbocycles. The van der Waals surface area contributed by atoms with Crippen molar-refractivity contribution in [1.29, 1.82) is 0 Å². The minimum Gasteiger partial charge on any atom is -0.507 e. The summed E-state index contributed by atoms with van der Waals surface area (Å²) < 4.78 is 0. The Morgan fingerprint density at radius 3 is 2.57 bits per heavy atom. The van der Waals surface area contributed by atoms with Crippen molar-refractivity contribution in [2.24, 2.45) is 0 Å². The zero-order valence-electron chi connectivity index (χ0n) is 11.0. The molecule has 0 fully saturated rings. The lowest BCUT2D eigenvalue weighted by molar-refractivity contribution is 0.477.